The van der Waals surface area contributed by atoms with E-state index in [2.05, 4.69) is 26.4 Å². The number of fused-ring (bicyclic) bond motifs is 1. The van der Waals surface area contributed by atoms with E-state index in [1.807, 2.05) is 12.1 Å². The van der Waals surface area contributed by atoms with Crippen molar-refractivity contribution in [1.82, 2.24) is 24.1 Å². The topological polar surface area (TPSA) is 48.5 Å². The maximum atomic E-state index is 14.2. The van der Waals surface area contributed by atoms with Gasteiger partial charge in [0.2, 0.25) is 0 Å². The molecule has 0 atom stereocenters. The molecule has 7 heteroatoms. The Morgan fingerprint density at radius 1 is 1.08 bits per heavy atom. The molecule has 132 valence electrons. The summed E-state index contributed by atoms with van der Waals surface area (Å²) in [6.45, 7) is 3.26. The van der Waals surface area contributed by atoms with Crippen molar-refractivity contribution in [3.05, 3.63) is 66.4 Å². The molecule has 4 aromatic rings. The minimum atomic E-state index is -0.512. The van der Waals surface area contributed by atoms with Crippen LogP contribution in [0.25, 0.3) is 22.6 Å². The van der Waals surface area contributed by atoms with E-state index >= 15 is 0 Å². The number of halogens is 2. The summed E-state index contributed by atoms with van der Waals surface area (Å²) in [7, 11) is 0. The first-order valence-corrected chi connectivity index (χ1v) is 8.44. The fourth-order valence-electron chi connectivity index (χ4n) is 3.09. The van der Waals surface area contributed by atoms with Crippen LogP contribution in [0.3, 0.4) is 0 Å². The molecule has 5 nitrogen and oxygen atoms in total. The number of pyridine rings is 1. The Bertz CT molecular complexity index is 1070. The van der Waals surface area contributed by atoms with Crippen LogP contribution in [-0.4, -0.2) is 24.1 Å². The highest BCUT2D eigenvalue weighted by molar-refractivity contribution is 5.71. The van der Waals surface area contributed by atoms with Gasteiger partial charge in [0, 0.05) is 25.1 Å². The summed E-state index contributed by atoms with van der Waals surface area (Å²) in [6.07, 6.45) is 5.99. The second kappa shape index (κ2) is 6.67. The van der Waals surface area contributed by atoms with Crippen molar-refractivity contribution in [1.29, 1.82) is 0 Å². The molecule has 0 spiro atoms. The molecule has 0 aliphatic carbocycles. The predicted molar refractivity (Wildman–Crippen MR) is 94.5 cm³/mol. The van der Waals surface area contributed by atoms with Crippen LogP contribution in [0.5, 0.6) is 0 Å². The van der Waals surface area contributed by atoms with E-state index in [-0.39, 0.29) is 5.56 Å². The minimum absolute atomic E-state index is 0.131. The lowest BCUT2D eigenvalue weighted by atomic mass is 10.2. The Morgan fingerprint density at radius 3 is 2.81 bits per heavy atom. The number of nitrogens with zero attached hydrogens (tertiary/aromatic N) is 5. The molecule has 0 aliphatic heterocycles. The van der Waals surface area contributed by atoms with Gasteiger partial charge in [0.1, 0.15) is 28.8 Å². The van der Waals surface area contributed by atoms with Crippen molar-refractivity contribution in [2.75, 3.05) is 0 Å². The number of aryl methyl sites for hydroxylation is 1. The zero-order chi connectivity index (χ0) is 18.1. The monoisotopic (exact) mass is 353 g/mol. The average Bonchev–Trinajstić information content (AvgIpc) is 3.23. The first-order chi connectivity index (χ1) is 12.7. The van der Waals surface area contributed by atoms with Crippen LogP contribution in [0.1, 0.15) is 19.2 Å². The molecule has 26 heavy (non-hydrogen) atoms. The number of imidazole rings is 2. The van der Waals surface area contributed by atoms with Crippen LogP contribution in [0.15, 0.2) is 48.9 Å². The summed E-state index contributed by atoms with van der Waals surface area (Å²) in [6, 6.07) is 7.13. The Labute approximate surface area is 149 Å². The lowest BCUT2D eigenvalue weighted by molar-refractivity contribution is 0.597. The molecule has 0 N–H and O–H groups in total. The standard InChI is InChI=1S/C19H17F2N5/c1-2-9-26-17(24-16-4-3-7-22-19(16)26)12-25-10-8-23-18(25)14-11-13(20)5-6-15(14)21/h3-8,10-11H,2,9,12H2,1H3. The zero-order valence-corrected chi connectivity index (χ0v) is 14.2. The zero-order valence-electron chi connectivity index (χ0n) is 14.2. The first kappa shape index (κ1) is 16.4. The van der Waals surface area contributed by atoms with E-state index < -0.39 is 11.6 Å². The summed E-state index contributed by atoms with van der Waals surface area (Å²) in [5, 5.41) is 0. The van der Waals surface area contributed by atoms with Crippen LogP contribution in [0, 0.1) is 11.6 Å². The van der Waals surface area contributed by atoms with E-state index in [9.17, 15) is 8.78 Å². The molecule has 0 bridgehead atoms. The number of rotatable bonds is 5. The molecule has 0 aliphatic rings. The third-order valence-corrected chi connectivity index (χ3v) is 4.23. The van der Waals surface area contributed by atoms with Gasteiger partial charge >= 0.3 is 0 Å². The average molecular weight is 353 g/mol. The Kier molecular flexibility index (Phi) is 4.20. The predicted octanol–water partition coefficient (Wildman–Crippen LogP) is 4.03. The fourth-order valence-corrected chi connectivity index (χ4v) is 3.09. The highest BCUT2D eigenvalue weighted by Gasteiger charge is 2.16. The highest BCUT2D eigenvalue weighted by Crippen LogP contribution is 2.24. The third kappa shape index (κ3) is 2.85. The van der Waals surface area contributed by atoms with Gasteiger partial charge in [-0.25, -0.2) is 23.7 Å². The Hall–Kier alpha value is -3.09. The molecular weight excluding hydrogens is 336 g/mol. The quantitative estimate of drug-likeness (QED) is 0.544. The van der Waals surface area contributed by atoms with E-state index in [0.29, 0.717) is 12.4 Å². The fraction of sp³-hybridized carbons (Fsp3) is 0.211. The second-order valence-electron chi connectivity index (χ2n) is 6.03. The maximum absolute atomic E-state index is 14.2. The summed E-state index contributed by atoms with van der Waals surface area (Å²) in [4.78, 5) is 13.3. The lowest BCUT2D eigenvalue weighted by Crippen LogP contribution is -2.10. The van der Waals surface area contributed by atoms with Gasteiger partial charge in [0.15, 0.2) is 5.65 Å². The molecule has 0 radical (unpaired) electrons. The molecule has 0 amide bonds. The van der Waals surface area contributed by atoms with Crippen molar-refractivity contribution in [2.45, 2.75) is 26.4 Å². The van der Waals surface area contributed by atoms with Crippen molar-refractivity contribution in [3.8, 4) is 11.4 Å². The van der Waals surface area contributed by atoms with E-state index in [4.69, 9.17) is 0 Å². The first-order valence-electron chi connectivity index (χ1n) is 8.44. The summed E-state index contributed by atoms with van der Waals surface area (Å²) < 4.78 is 31.6. The van der Waals surface area contributed by atoms with Gasteiger partial charge in [-0.2, -0.15) is 0 Å². The van der Waals surface area contributed by atoms with Gasteiger partial charge in [-0.15, -0.1) is 0 Å². The molecule has 0 saturated carbocycles. The summed E-state index contributed by atoms with van der Waals surface area (Å²) >= 11 is 0. The molecule has 0 unspecified atom stereocenters. The maximum Gasteiger partial charge on any atom is 0.160 e. The molecule has 4 rings (SSSR count). The largest absolute Gasteiger partial charge is 0.323 e. The molecule has 3 aromatic heterocycles. The second-order valence-corrected chi connectivity index (χ2v) is 6.03. The van der Waals surface area contributed by atoms with Crippen LogP contribution >= 0.6 is 0 Å². The van der Waals surface area contributed by atoms with Gasteiger partial charge in [-0.3, -0.25) is 0 Å². The van der Waals surface area contributed by atoms with Gasteiger partial charge in [0.25, 0.3) is 0 Å². The molecule has 1 aromatic carbocycles. The smallest absolute Gasteiger partial charge is 0.160 e. The summed E-state index contributed by atoms with van der Waals surface area (Å²) in [5.74, 6) is 0.155. The van der Waals surface area contributed by atoms with Gasteiger partial charge in [-0.05, 0) is 36.8 Å². The molecule has 0 saturated heterocycles. The number of aromatic nitrogens is 5. The van der Waals surface area contributed by atoms with Gasteiger partial charge in [0.05, 0.1) is 12.1 Å². The summed E-state index contributed by atoms with van der Waals surface area (Å²) in [5.41, 5.74) is 1.77. The Morgan fingerprint density at radius 2 is 1.96 bits per heavy atom. The van der Waals surface area contributed by atoms with Crippen molar-refractivity contribution in [3.63, 3.8) is 0 Å². The van der Waals surface area contributed by atoms with E-state index in [0.717, 1.165) is 48.2 Å². The van der Waals surface area contributed by atoms with Crippen LogP contribution in [0.2, 0.25) is 0 Å². The highest BCUT2D eigenvalue weighted by atomic mass is 19.1. The van der Waals surface area contributed by atoms with Crippen LogP contribution in [0.4, 0.5) is 8.78 Å². The van der Waals surface area contributed by atoms with Crippen molar-refractivity contribution in [2.24, 2.45) is 0 Å². The van der Waals surface area contributed by atoms with E-state index in [1.54, 1.807) is 23.2 Å². The van der Waals surface area contributed by atoms with Gasteiger partial charge in [-0.1, -0.05) is 6.92 Å². The SMILES string of the molecule is CCCn1c(Cn2ccnc2-c2cc(F)ccc2F)nc2cccnc21. The van der Waals surface area contributed by atoms with Crippen LogP contribution in [-0.2, 0) is 13.1 Å². The number of hydrogen-bond acceptors (Lipinski definition) is 3. The third-order valence-electron chi connectivity index (χ3n) is 4.23. The number of hydrogen-bond donors (Lipinski definition) is 0. The molecule has 0 fully saturated rings. The van der Waals surface area contributed by atoms with E-state index in [1.165, 1.54) is 0 Å². The van der Waals surface area contributed by atoms with Crippen molar-refractivity contribution >= 4 is 11.2 Å². The van der Waals surface area contributed by atoms with Crippen LogP contribution < -0.4 is 0 Å². The van der Waals surface area contributed by atoms with Gasteiger partial charge < -0.3 is 9.13 Å². The van der Waals surface area contributed by atoms with Crippen molar-refractivity contribution < 1.29 is 8.78 Å². The molecular formula is C19H17F2N5. The lowest BCUT2D eigenvalue weighted by Gasteiger charge is -2.11. The Balaban J connectivity index is 1.78. The number of benzene rings is 1. The molecule has 3 heterocycles. The minimum Gasteiger partial charge on any atom is -0.323 e. The normalized spacial score (nSPS) is 11.3.